The number of hydrogen-bond donors (Lipinski definition) is 1. The molecule has 1 rings (SSSR count). The van der Waals surface area contributed by atoms with Gasteiger partial charge in [-0.05, 0) is 30.0 Å². The van der Waals surface area contributed by atoms with Crippen molar-refractivity contribution in [2.24, 2.45) is 5.92 Å². The minimum absolute atomic E-state index is 0.240. The molecule has 0 aromatic heterocycles. The Morgan fingerprint density at radius 2 is 1.81 bits per heavy atom. The fourth-order valence-corrected chi connectivity index (χ4v) is 3.44. The van der Waals surface area contributed by atoms with Gasteiger partial charge in [0, 0.05) is 19.6 Å². The molecule has 120 valence electrons. The van der Waals surface area contributed by atoms with Crippen LogP contribution in [0, 0.1) is 5.92 Å². The Kier molecular flexibility index (Phi) is 6.64. The van der Waals surface area contributed by atoms with Crippen LogP contribution in [-0.4, -0.2) is 33.4 Å². The Balaban J connectivity index is 2.85. The van der Waals surface area contributed by atoms with Crippen LogP contribution in [0.3, 0.4) is 0 Å². The molecule has 0 fully saturated rings. The molecule has 6 heteroatoms. The van der Waals surface area contributed by atoms with Crippen LogP contribution in [0.1, 0.15) is 38.8 Å². The molecule has 0 spiro atoms. The summed E-state index contributed by atoms with van der Waals surface area (Å²) in [6, 6.07) is 7.21. The van der Waals surface area contributed by atoms with E-state index in [9.17, 15) is 8.42 Å². The molecule has 0 saturated carbocycles. The molecule has 1 N–H and O–H groups in total. The Morgan fingerprint density at radius 1 is 1.24 bits per heavy atom. The highest BCUT2D eigenvalue weighted by molar-refractivity contribution is 7.87. The highest BCUT2D eigenvalue weighted by Gasteiger charge is 2.23. The molecule has 0 saturated heterocycles. The predicted molar refractivity (Wildman–Crippen MR) is 85.5 cm³/mol. The van der Waals surface area contributed by atoms with E-state index in [4.69, 9.17) is 4.74 Å². The van der Waals surface area contributed by atoms with Gasteiger partial charge in [-0.25, -0.2) is 0 Å². The van der Waals surface area contributed by atoms with Gasteiger partial charge in [0.05, 0.1) is 7.11 Å². The Hall–Kier alpha value is -1.11. The van der Waals surface area contributed by atoms with Gasteiger partial charge >= 0.3 is 0 Å². The van der Waals surface area contributed by atoms with Gasteiger partial charge in [-0.1, -0.05) is 32.9 Å². The van der Waals surface area contributed by atoms with Crippen LogP contribution >= 0.6 is 0 Å². The van der Waals surface area contributed by atoms with E-state index in [1.54, 1.807) is 14.2 Å². The average Bonchev–Trinajstić information content (AvgIpc) is 2.44. The fourth-order valence-electron chi connectivity index (χ4n) is 2.11. The van der Waals surface area contributed by atoms with Gasteiger partial charge in [0.1, 0.15) is 5.75 Å². The first kappa shape index (κ1) is 17.9. The zero-order chi connectivity index (χ0) is 16.0. The summed E-state index contributed by atoms with van der Waals surface area (Å²) in [5, 5.41) is 0. The van der Waals surface area contributed by atoms with E-state index in [0.29, 0.717) is 13.0 Å². The molecule has 0 aliphatic carbocycles. The smallest absolute Gasteiger partial charge is 0.279 e. The number of benzene rings is 1. The molecule has 1 aromatic carbocycles. The lowest BCUT2D eigenvalue weighted by Gasteiger charge is -2.24. The molecular weight excluding hydrogens is 288 g/mol. The molecule has 0 unspecified atom stereocenters. The molecule has 1 aromatic rings. The lowest BCUT2D eigenvalue weighted by Crippen LogP contribution is -2.41. The van der Waals surface area contributed by atoms with Crippen LogP contribution in [0.25, 0.3) is 0 Å². The number of rotatable bonds is 8. The first-order chi connectivity index (χ1) is 9.80. The zero-order valence-electron chi connectivity index (χ0n) is 13.5. The second-order valence-electron chi connectivity index (χ2n) is 5.53. The number of nitrogens with one attached hydrogen (secondary N) is 1. The number of methoxy groups -OCH3 is 1. The van der Waals surface area contributed by atoms with Crippen molar-refractivity contribution >= 4 is 10.2 Å². The average molecular weight is 314 g/mol. The first-order valence-electron chi connectivity index (χ1n) is 7.17. The van der Waals surface area contributed by atoms with Crippen molar-refractivity contribution in [3.05, 3.63) is 29.8 Å². The summed E-state index contributed by atoms with van der Waals surface area (Å²) in [6.45, 7) is 6.44. The topological polar surface area (TPSA) is 58.6 Å². The van der Waals surface area contributed by atoms with Crippen LogP contribution in [0.2, 0.25) is 0 Å². The van der Waals surface area contributed by atoms with E-state index in [1.165, 1.54) is 4.31 Å². The Labute approximate surface area is 128 Å². The molecule has 0 bridgehead atoms. The molecule has 5 nitrogen and oxygen atoms in total. The third kappa shape index (κ3) is 5.30. The number of nitrogens with zero attached hydrogens (tertiary/aromatic N) is 1. The minimum Gasteiger partial charge on any atom is -0.497 e. The standard InChI is InChI=1S/C15H26N2O3S/c1-6-15(13-7-9-14(20-5)10-8-13)16-21(18,19)17(4)11-12(2)3/h7-10,12,15-16H,6,11H2,1-5H3/t15-/m1/s1. The molecule has 0 aliphatic rings. The van der Waals surface area contributed by atoms with Crippen LogP contribution in [0.5, 0.6) is 5.75 Å². The first-order valence-corrected chi connectivity index (χ1v) is 8.61. The normalized spacial score (nSPS) is 13.7. The maximum absolute atomic E-state index is 12.3. The van der Waals surface area contributed by atoms with E-state index in [1.807, 2.05) is 45.0 Å². The van der Waals surface area contributed by atoms with Gasteiger partial charge in [-0.2, -0.15) is 17.4 Å². The Morgan fingerprint density at radius 3 is 2.24 bits per heavy atom. The van der Waals surface area contributed by atoms with Gasteiger partial charge in [0.2, 0.25) is 0 Å². The number of ether oxygens (including phenoxy) is 1. The van der Waals surface area contributed by atoms with Gasteiger partial charge in [0.25, 0.3) is 10.2 Å². The zero-order valence-corrected chi connectivity index (χ0v) is 14.3. The van der Waals surface area contributed by atoms with E-state index in [0.717, 1.165) is 11.3 Å². The van der Waals surface area contributed by atoms with Crippen molar-refractivity contribution < 1.29 is 13.2 Å². The predicted octanol–water partition coefficient (Wildman–Crippen LogP) is 2.57. The summed E-state index contributed by atoms with van der Waals surface area (Å²) in [6.07, 6.45) is 0.682. The summed E-state index contributed by atoms with van der Waals surface area (Å²) >= 11 is 0. The second kappa shape index (κ2) is 7.77. The third-order valence-electron chi connectivity index (χ3n) is 3.25. The van der Waals surface area contributed by atoms with Crippen LogP contribution in [0.15, 0.2) is 24.3 Å². The SMILES string of the molecule is CC[C@@H](NS(=O)(=O)N(C)CC(C)C)c1ccc(OC)cc1. The quantitative estimate of drug-likeness (QED) is 0.802. The van der Waals surface area contributed by atoms with Crippen molar-refractivity contribution in [3.63, 3.8) is 0 Å². The fraction of sp³-hybridized carbons (Fsp3) is 0.600. The van der Waals surface area contributed by atoms with Crippen LogP contribution < -0.4 is 9.46 Å². The molecule has 0 radical (unpaired) electrons. The molecule has 0 heterocycles. The van der Waals surface area contributed by atoms with Crippen molar-refractivity contribution in [1.29, 1.82) is 0 Å². The molecule has 1 atom stereocenters. The van der Waals surface area contributed by atoms with Gasteiger partial charge in [-0.3, -0.25) is 0 Å². The third-order valence-corrected chi connectivity index (χ3v) is 4.80. The van der Waals surface area contributed by atoms with Gasteiger partial charge < -0.3 is 4.74 Å². The van der Waals surface area contributed by atoms with E-state index in [2.05, 4.69) is 4.72 Å². The second-order valence-corrected chi connectivity index (χ2v) is 7.34. The van der Waals surface area contributed by atoms with E-state index < -0.39 is 10.2 Å². The maximum Gasteiger partial charge on any atom is 0.279 e. The Bertz CT molecular complexity index is 526. The van der Waals surface area contributed by atoms with Crippen molar-refractivity contribution in [1.82, 2.24) is 9.03 Å². The highest BCUT2D eigenvalue weighted by atomic mass is 32.2. The molecular formula is C15H26N2O3S. The summed E-state index contributed by atoms with van der Waals surface area (Å²) < 4.78 is 33.9. The van der Waals surface area contributed by atoms with Gasteiger partial charge in [-0.15, -0.1) is 0 Å². The van der Waals surface area contributed by atoms with Crippen molar-refractivity contribution in [3.8, 4) is 5.75 Å². The summed E-state index contributed by atoms with van der Waals surface area (Å²) in [4.78, 5) is 0. The summed E-state index contributed by atoms with van der Waals surface area (Å²) in [5.41, 5.74) is 0.930. The molecule has 0 aliphatic heterocycles. The van der Waals surface area contributed by atoms with E-state index in [-0.39, 0.29) is 12.0 Å². The van der Waals surface area contributed by atoms with Crippen molar-refractivity contribution in [2.45, 2.75) is 33.2 Å². The lowest BCUT2D eigenvalue weighted by atomic mass is 10.1. The lowest BCUT2D eigenvalue weighted by molar-refractivity contribution is 0.402. The largest absolute Gasteiger partial charge is 0.497 e. The van der Waals surface area contributed by atoms with Gasteiger partial charge in [0.15, 0.2) is 0 Å². The summed E-state index contributed by atoms with van der Waals surface area (Å²) in [5.74, 6) is 1.04. The maximum atomic E-state index is 12.3. The molecule has 21 heavy (non-hydrogen) atoms. The minimum atomic E-state index is -3.48. The highest BCUT2D eigenvalue weighted by Crippen LogP contribution is 2.21. The van der Waals surface area contributed by atoms with Crippen LogP contribution in [0.4, 0.5) is 0 Å². The number of hydrogen-bond acceptors (Lipinski definition) is 3. The molecule has 0 amide bonds. The monoisotopic (exact) mass is 314 g/mol. The van der Waals surface area contributed by atoms with E-state index >= 15 is 0 Å². The van der Waals surface area contributed by atoms with Crippen molar-refractivity contribution in [2.75, 3.05) is 20.7 Å². The summed E-state index contributed by atoms with van der Waals surface area (Å²) in [7, 11) is -0.271. The van der Waals surface area contributed by atoms with Crippen LogP contribution in [-0.2, 0) is 10.2 Å².